The second kappa shape index (κ2) is 4.25. The third-order valence-electron chi connectivity index (χ3n) is 6.69. The van der Waals surface area contributed by atoms with E-state index in [4.69, 9.17) is 16.3 Å². The van der Waals surface area contributed by atoms with Crippen molar-refractivity contribution in [3.05, 3.63) is 11.6 Å². The van der Waals surface area contributed by atoms with Crippen molar-refractivity contribution < 1.29 is 9.53 Å². The molecule has 0 aromatic heterocycles. The Kier molecular flexibility index (Phi) is 3.01. The Morgan fingerprint density at radius 3 is 2.89 bits per heavy atom. The van der Waals surface area contributed by atoms with Gasteiger partial charge in [0.25, 0.3) is 0 Å². The van der Waals surface area contributed by atoms with Crippen molar-refractivity contribution in [3.63, 3.8) is 0 Å². The maximum atomic E-state index is 10.8. The molecule has 0 aromatic rings. The van der Waals surface area contributed by atoms with Crippen molar-refractivity contribution in [1.29, 1.82) is 0 Å². The van der Waals surface area contributed by atoms with Crippen LogP contribution in [0.4, 0.5) is 4.79 Å². The van der Waals surface area contributed by atoms with Crippen LogP contribution in [0.15, 0.2) is 11.6 Å². The van der Waals surface area contributed by atoms with Crippen molar-refractivity contribution in [3.8, 4) is 0 Å². The molecule has 0 amide bonds. The summed E-state index contributed by atoms with van der Waals surface area (Å²) >= 11 is 5.31. The molecule has 0 radical (unpaired) electrons. The topological polar surface area (TPSA) is 26.3 Å². The lowest BCUT2D eigenvalue weighted by Gasteiger charge is -2.52. The second-order valence-corrected chi connectivity index (χ2v) is 7.54. The minimum Gasteiger partial charge on any atom is -0.449 e. The molecule has 4 atom stereocenters. The lowest BCUT2D eigenvalue weighted by molar-refractivity contribution is -0.0350. The Morgan fingerprint density at radius 2 is 2.21 bits per heavy atom. The summed E-state index contributed by atoms with van der Waals surface area (Å²) in [5, 5.41) is 0. The van der Waals surface area contributed by atoms with Gasteiger partial charge in [-0.1, -0.05) is 26.8 Å². The highest BCUT2D eigenvalue weighted by Crippen LogP contribution is 2.72. The van der Waals surface area contributed by atoms with E-state index in [1.54, 1.807) is 0 Å². The Labute approximate surface area is 120 Å². The first-order valence-electron chi connectivity index (χ1n) is 7.40. The predicted octanol–water partition coefficient (Wildman–Crippen LogP) is 4.77. The summed E-state index contributed by atoms with van der Waals surface area (Å²) in [7, 11) is 0. The van der Waals surface area contributed by atoms with Gasteiger partial charge >= 0.3 is 5.43 Å². The molecule has 3 heteroatoms. The SMILES string of the molecule is C[C@@H]1CC[C@@H]2CC3C(COC(=O)Cl)=CCC31C2(C)C. The van der Waals surface area contributed by atoms with Crippen molar-refractivity contribution in [2.24, 2.45) is 28.6 Å². The molecule has 2 unspecified atom stereocenters. The van der Waals surface area contributed by atoms with Crippen LogP contribution in [-0.4, -0.2) is 12.0 Å². The van der Waals surface area contributed by atoms with Crippen LogP contribution in [0.2, 0.25) is 0 Å². The van der Waals surface area contributed by atoms with Crippen LogP contribution in [-0.2, 0) is 4.74 Å². The minimum atomic E-state index is -0.685. The molecule has 0 saturated heterocycles. The third kappa shape index (κ3) is 1.65. The van der Waals surface area contributed by atoms with Gasteiger partial charge in [-0.05, 0) is 59.8 Å². The van der Waals surface area contributed by atoms with Crippen molar-refractivity contribution in [2.75, 3.05) is 6.61 Å². The highest BCUT2D eigenvalue weighted by molar-refractivity contribution is 6.61. The minimum absolute atomic E-state index is 0.393. The van der Waals surface area contributed by atoms with Crippen molar-refractivity contribution in [1.82, 2.24) is 0 Å². The van der Waals surface area contributed by atoms with E-state index in [9.17, 15) is 4.79 Å². The monoisotopic (exact) mass is 282 g/mol. The largest absolute Gasteiger partial charge is 0.449 e. The van der Waals surface area contributed by atoms with Crippen LogP contribution < -0.4 is 0 Å². The predicted molar refractivity (Wildman–Crippen MR) is 76.1 cm³/mol. The normalized spacial score (nSPS) is 42.7. The number of halogens is 1. The van der Waals surface area contributed by atoms with Gasteiger partial charge in [0, 0.05) is 11.6 Å². The number of hydrogen-bond acceptors (Lipinski definition) is 2. The van der Waals surface area contributed by atoms with Crippen LogP contribution in [0.25, 0.3) is 0 Å². The zero-order chi connectivity index (χ0) is 13.8. The van der Waals surface area contributed by atoms with Crippen LogP contribution in [0, 0.1) is 28.6 Å². The summed E-state index contributed by atoms with van der Waals surface area (Å²) in [4.78, 5) is 10.8. The molecule has 0 aliphatic heterocycles. The van der Waals surface area contributed by atoms with Crippen molar-refractivity contribution in [2.45, 2.75) is 46.5 Å². The van der Waals surface area contributed by atoms with E-state index in [0.717, 1.165) is 18.3 Å². The van der Waals surface area contributed by atoms with Gasteiger partial charge in [-0.2, -0.15) is 0 Å². The summed E-state index contributed by atoms with van der Waals surface area (Å²) in [5.74, 6) is 2.18. The van der Waals surface area contributed by atoms with Gasteiger partial charge in [-0.25, -0.2) is 4.79 Å². The summed E-state index contributed by atoms with van der Waals surface area (Å²) < 4.78 is 5.04. The van der Waals surface area contributed by atoms with E-state index < -0.39 is 5.43 Å². The van der Waals surface area contributed by atoms with E-state index in [1.807, 2.05) is 0 Å². The molecule has 2 nitrogen and oxygen atoms in total. The van der Waals surface area contributed by atoms with Crippen LogP contribution in [0.1, 0.15) is 46.5 Å². The Hall–Kier alpha value is -0.500. The number of carbonyl (C=O) groups is 1. The first-order valence-corrected chi connectivity index (χ1v) is 7.78. The van der Waals surface area contributed by atoms with Crippen molar-refractivity contribution >= 4 is 17.0 Å². The molecule has 3 rings (SSSR count). The molecule has 3 aliphatic rings. The standard InChI is InChI=1S/C16H23ClO2/c1-10-4-5-12-8-13-11(9-19-14(17)18)6-7-16(10,13)15(12,2)3/h6,10,12-13H,4-5,7-9H2,1-3H3/t10-,12-,13?,16?/m1/s1. The molecular formula is C16H23ClO2. The molecule has 1 spiro atoms. The molecule has 2 saturated carbocycles. The number of rotatable bonds is 2. The molecule has 3 aliphatic carbocycles. The number of ether oxygens (including phenoxy) is 1. The van der Waals surface area contributed by atoms with Gasteiger partial charge in [0.15, 0.2) is 0 Å². The fraction of sp³-hybridized carbons (Fsp3) is 0.812. The van der Waals surface area contributed by atoms with E-state index in [0.29, 0.717) is 23.4 Å². The molecule has 106 valence electrons. The van der Waals surface area contributed by atoms with Gasteiger partial charge in [0.05, 0.1) is 0 Å². The van der Waals surface area contributed by atoms with E-state index in [2.05, 4.69) is 26.8 Å². The maximum Gasteiger partial charge on any atom is 0.404 e. The number of allylic oxidation sites excluding steroid dienone is 1. The molecular weight excluding hydrogens is 260 g/mol. The first-order chi connectivity index (χ1) is 8.89. The van der Waals surface area contributed by atoms with Gasteiger partial charge in [0.2, 0.25) is 0 Å². The second-order valence-electron chi connectivity index (χ2n) is 7.24. The Balaban J connectivity index is 1.89. The molecule has 19 heavy (non-hydrogen) atoms. The highest BCUT2D eigenvalue weighted by atomic mass is 35.5. The fourth-order valence-corrected chi connectivity index (χ4v) is 5.67. The van der Waals surface area contributed by atoms with E-state index in [-0.39, 0.29) is 0 Å². The maximum absolute atomic E-state index is 10.8. The van der Waals surface area contributed by atoms with Gasteiger partial charge in [0.1, 0.15) is 6.61 Å². The molecule has 0 N–H and O–H groups in total. The first kappa shape index (κ1) is 13.5. The number of hydrogen-bond donors (Lipinski definition) is 0. The van der Waals surface area contributed by atoms with E-state index in [1.165, 1.54) is 24.8 Å². The lowest BCUT2D eigenvalue weighted by Crippen LogP contribution is -2.46. The lowest BCUT2D eigenvalue weighted by atomic mass is 9.52. The number of carbonyl (C=O) groups excluding carboxylic acids is 1. The van der Waals surface area contributed by atoms with Gasteiger partial charge in [-0.15, -0.1) is 0 Å². The summed E-state index contributed by atoms with van der Waals surface area (Å²) in [5.41, 5.74) is 1.43. The average Bonchev–Trinajstić information content (AvgIpc) is 2.73. The average molecular weight is 283 g/mol. The highest BCUT2D eigenvalue weighted by Gasteiger charge is 2.65. The number of fused-ring (bicyclic) bond motifs is 1. The molecule has 0 aromatic carbocycles. The Bertz CT molecular complexity index is 440. The molecule has 2 fully saturated rings. The van der Waals surface area contributed by atoms with Gasteiger partial charge in [-0.3, -0.25) is 0 Å². The molecule has 2 bridgehead atoms. The summed E-state index contributed by atoms with van der Waals surface area (Å²) in [6, 6.07) is 0. The molecule has 0 heterocycles. The fourth-order valence-electron chi connectivity index (χ4n) is 5.62. The van der Waals surface area contributed by atoms with Crippen LogP contribution >= 0.6 is 11.6 Å². The van der Waals surface area contributed by atoms with Crippen LogP contribution in [0.3, 0.4) is 0 Å². The third-order valence-corrected chi connectivity index (χ3v) is 6.80. The van der Waals surface area contributed by atoms with E-state index >= 15 is 0 Å². The zero-order valence-electron chi connectivity index (χ0n) is 12.0. The Morgan fingerprint density at radius 1 is 1.47 bits per heavy atom. The van der Waals surface area contributed by atoms with Crippen LogP contribution in [0.5, 0.6) is 0 Å². The quantitative estimate of drug-likeness (QED) is 0.539. The summed E-state index contributed by atoms with van der Waals surface area (Å²) in [6.07, 6.45) is 7.45. The van der Waals surface area contributed by atoms with Gasteiger partial charge < -0.3 is 4.74 Å². The summed E-state index contributed by atoms with van der Waals surface area (Å²) in [6.45, 7) is 7.72. The zero-order valence-corrected chi connectivity index (χ0v) is 12.8. The smallest absolute Gasteiger partial charge is 0.404 e.